The largest absolute Gasteiger partial charge is 0.467 e. The van der Waals surface area contributed by atoms with E-state index in [-0.39, 0.29) is 12.3 Å². The molecule has 1 N–H and O–H groups in total. The van der Waals surface area contributed by atoms with E-state index in [0.717, 1.165) is 11.1 Å². The normalized spacial score (nSPS) is 12.8. The quantitative estimate of drug-likeness (QED) is 0.733. The first-order chi connectivity index (χ1) is 11.4. The molecule has 132 valence electrons. The number of ether oxygens (including phenoxy) is 2. The molecule has 0 heterocycles. The monoisotopic (exact) mass is 335 g/mol. The number of carbonyl (C=O) groups is 3. The molecule has 0 bridgehead atoms. The lowest BCUT2D eigenvalue weighted by Gasteiger charge is -2.21. The Balaban J connectivity index is 2.47. The zero-order chi connectivity index (χ0) is 18.1. The summed E-state index contributed by atoms with van der Waals surface area (Å²) in [6, 6.07) is 6.74. The topological polar surface area (TPSA) is 81.7 Å². The standard InChI is InChI=1S/C18H25NO5/c1-5-13(3)17(18(22)23-4)19-15(20)11-24-16(21)10-14-8-6-12(2)7-9-14/h6-9,13,17H,5,10-11H2,1-4H3,(H,19,20)/t13-,17+/m1/s1. The minimum Gasteiger partial charge on any atom is -0.467 e. The third kappa shape index (κ3) is 6.40. The van der Waals surface area contributed by atoms with Crippen LogP contribution >= 0.6 is 0 Å². The van der Waals surface area contributed by atoms with Gasteiger partial charge in [0.1, 0.15) is 6.04 Å². The lowest BCUT2D eigenvalue weighted by molar-refractivity contribution is -0.150. The van der Waals surface area contributed by atoms with Gasteiger partial charge < -0.3 is 14.8 Å². The number of aryl methyl sites for hydroxylation is 1. The maximum atomic E-state index is 11.9. The van der Waals surface area contributed by atoms with E-state index in [1.165, 1.54) is 7.11 Å². The van der Waals surface area contributed by atoms with Crippen LogP contribution in [0.2, 0.25) is 0 Å². The Bertz CT molecular complexity index is 567. The van der Waals surface area contributed by atoms with Gasteiger partial charge in [0.2, 0.25) is 0 Å². The van der Waals surface area contributed by atoms with E-state index >= 15 is 0 Å². The summed E-state index contributed by atoms with van der Waals surface area (Å²) >= 11 is 0. The van der Waals surface area contributed by atoms with E-state index in [0.29, 0.717) is 6.42 Å². The number of amides is 1. The van der Waals surface area contributed by atoms with Gasteiger partial charge in [0.15, 0.2) is 6.61 Å². The zero-order valence-electron chi connectivity index (χ0n) is 14.6. The molecule has 0 saturated carbocycles. The predicted octanol–water partition coefficient (Wildman–Crippen LogP) is 1.78. The molecule has 6 heteroatoms. The molecule has 0 unspecified atom stereocenters. The summed E-state index contributed by atoms with van der Waals surface area (Å²) in [6.45, 7) is 5.29. The fraction of sp³-hybridized carbons (Fsp3) is 0.500. The average molecular weight is 335 g/mol. The van der Waals surface area contributed by atoms with E-state index in [9.17, 15) is 14.4 Å². The molecule has 0 spiro atoms. The van der Waals surface area contributed by atoms with Crippen LogP contribution < -0.4 is 5.32 Å². The highest BCUT2D eigenvalue weighted by molar-refractivity contribution is 5.86. The number of methoxy groups -OCH3 is 1. The highest BCUT2D eigenvalue weighted by Crippen LogP contribution is 2.09. The van der Waals surface area contributed by atoms with Crippen molar-refractivity contribution in [2.24, 2.45) is 5.92 Å². The molecule has 0 radical (unpaired) electrons. The van der Waals surface area contributed by atoms with E-state index in [1.54, 1.807) is 0 Å². The number of carbonyl (C=O) groups excluding carboxylic acids is 3. The van der Waals surface area contributed by atoms with Crippen LogP contribution in [-0.2, 0) is 30.3 Å². The molecule has 6 nitrogen and oxygen atoms in total. The Morgan fingerprint density at radius 1 is 1.17 bits per heavy atom. The number of benzene rings is 1. The fourth-order valence-corrected chi connectivity index (χ4v) is 2.08. The molecule has 0 saturated heterocycles. The van der Waals surface area contributed by atoms with Gasteiger partial charge in [0.25, 0.3) is 5.91 Å². The Hall–Kier alpha value is -2.37. The minimum absolute atomic E-state index is 0.0790. The first kappa shape index (κ1) is 19.7. The molecule has 1 rings (SSSR count). The third-order valence-electron chi connectivity index (χ3n) is 3.82. The highest BCUT2D eigenvalue weighted by Gasteiger charge is 2.26. The molecular weight excluding hydrogens is 310 g/mol. The van der Waals surface area contributed by atoms with Crippen LogP contribution in [0.4, 0.5) is 0 Å². The molecule has 1 aromatic rings. The Kier molecular flexibility index (Phi) is 7.95. The Morgan fingerprint density at radius 3 is 2.33 bits per heavy atom. The van der Waals surface area contributed by atoms with Crippen molar-refractivity contribution in [3.63, 3.8) is 0 Å². The molecule has 0 fully saturated rings. The van der Waals surface area contributed by atoms with Crippen molar-refractivity contribution in [1.82, 2.24) is 5.32 Å². The second-order valence-corrected chi connectivity index (χ2v) is 5.78. The molecule has 0 aliphatic rings. The Morgan fingerprint density at radius 2 is 1.79 bits per heavy atom. The van der Waals surface area contributed by atoms with Crippen LogP contribution in [-0.4, -0.2) is 37.6 Å². The maximum Gasteiger partial charge on any atom is 0.328 e. The van der Waals surface area contributed by atoms with E-state index in [2.05, 4.69) is 10.1 Å². The van der Waals surface area contributed by atoms with Gasteiger partial charge in [-0.3, -0.25) is 9.59 Å². The highest BCUT2D eigenvalue weighted by atomic mass is 16.5. The van der Waals surface area contributed by atoms with Gasteiger partial charge in [-0.25, -0.2) is 4.79 Å². The van der Waals surface area contributed by atoms with Crippen LogP contribution in [0.25, 0.3) is 0 Å². The summed E-state index contributed by atoms with van der Waals surface area (Å²) in [5.41, 5.74) is 1.92. The van der Waals surface area contributed by atoms with Crippen molar-refractivity contribution in [3.8, 4) is 0 Å². The molecule has 0 aromatic heterocycles. The number of hydrogen-bond acceptors (Lipinski definition) is 5. The average Bonchev–Trinajstić information content (AvgIpc) is 2.58. The van der Waals surface area contributed by atoms with Gasteiger partial charge in [0.05, 0.1) is 13.5 Å². The SMILES string of the molecule is CC[C@@H](C)[C@H](NC(=O)COC(=O)Cc1ccc(C)cc1)C(=O)OC. The zero-order valence-corrected chi connectivity index (χ0v) is 14.6. The van der Waals surface area contributed by atoms with Gasteiger partial charge in [-0.2, -0.15) is 0 Å². The molecule has 1 aromatic carbocycles. The summed E-state index contributed by atoms with van der Waals surface area (Å²) in [6.07, 6.45) is 0.798. The van der Waals surface area contributed by atoms with Crippen LogP contribution in [0, 0.1) is 12.8 Å². The number of hydrogen-bond donors (Lipinski definition) is 1. The lowest BCUT2D eigenvalue weighted by Crippen LogP contribution is -2.47. The van der Waals surface area contributed by atoms with Gasteiger partial charge >= 0.3 is 11.9 Å². The second kappa shape index (κ2) is 9.70. The van der Waals surface area contributed by atoms with Crippen LogP contribution in [0.3, 0.4) is 0 Å². The van der Waals surface area contributed by atoms with E-state index in [1.807, 2.05) is 45.0 Å². The minimum atomic E-state index is -0.747. The number of nitrogens with one attached hydrogen (secondary N) is 1. The maximum absolute atomic E-state index is 11.9. The molecule has 1 amide bonds. The summed E-state index contributed by atoms with van der Waals surface area (Å²) in [5.74, 6) is -1.61. The summed E-state index contributed by atoms with van der Waals surface area (Å²) in [7, 11) is 1.27. The molecule has 2 atom stereocenters. The van der Waals surface area contributed by atoms with Gasteiger partial charge in [-0.1, -0.05) is 50.1 Å². The molecule has 24 heavy (non-hydrogen) atoms. The van der Waals surface area contributed by atoms with Crippen LogP contribution in [0.5, 0.6) is 0 Å². The van der Waals surface area contributed by atoms with Gasteiger partial charge in [-0.15, -0.1) is 0 Å². The van der Waals surface area contributed by atoms with Crippen molar-refractivity contribution < 1.29 is 23.9 Å². The van der Waals surface area contributed by atoms with Crippen LogP contribution in [0.15, 0.2) is 24.3 Å². The third-order valence-corrected chi connectivity index (χ3v) is 3.82. The van der Waals surface area contributed by atoms with Crippen molar-refractivity contribution >= 4 is 17.8 Å². The predicted molar refractivity (Wildman–Crippen MR) is 89.2 cm³/mol. The van der Waals surface area contributed by atoms with E-state index < -0.39 is 30.5 Å². The summed E-state index contributed by atoms with van der Waals surface area (Å²) in [5, 5.41) is 2.55. The number of rotatable bonds is 8. The van der Waals surface area contributed by atoms with Crippen molar-refractivity contribution in [3.05, 3.63) is 35.4 Å². The fourth-order valence-electron chi connectivity index (χ4n) is 2.08. The van der Waals surface area contributed by atoms with Gasteiger partial charge in [-0.05, 0) is 18.4 Å². The van der Waals surface area contributed by atoms with Crippen molar-refractivity contribution in [2.45, 2.75) is 39.7 Å². The molecule has 0 aliphatic heterocycles. The summed E-state index contributed by atoms with van der Waals surface area (Å²) < 4.78 is 9.65. The molecular formula is C18H25NO5. The first-order valence-corrected chi connectivity index (χ1v) is 7.95. The summed E-state index contributed by atoms with van der Waals surface area (Å²) in [4.78, 5) is 35.4. The second-order valence-electron chi connectivity index (χ2n) is 5.78. The van der Waals surface area contributed by atoms with Crippen molar-refractivity contribution in [2.75, 3.05) is 13.7 Å². The van der Waals surface area contributed by atoms with E-state index in [4.69, 9.17) is 4.74 Å². The first-order valence-electron chi connectivity index (χ1n) is 7.95. The smallest absolute Gasteiger partial charge is 0.328 e. The molecule has 0 aliphatic carbocycles. The van der Waals surface area contributed by atoms with Crippen molar-refractivity contribution in [1.29, 1.82) is 0 Å². The van der Waals surface area contributed by atoms with Crippen LogP contribution in [0.1, 0.15) is 31.4 Å². The lowest BCUT2D eigenvalue weighted by atomic mass is 9.99. The van der Waals surface area contributed by atoms with Gasteiger partial charge in [0, 0.05) is 0 Å². The Labute approximate surface area is 142 Å². The number of esters is 2.